The number of imidazole rings is 1. The number of rotatable bonds is 6. The third-order valence-electron chi connectivity index (χ3n) is 4.04. The van der Waals surface area contributed by atoms with Crippen LogP contribution in [0.15, 0.2) is 12.7 Å². The summed E-state index contributed by atoms with van der Waals surface area (Å²) in [6.45, 7) is -0.776. The molecule has 0 radical (unpaired) electrons. The second-order valence-electron chi connectivity index (χ2n) is 5.68. The van der Waals surface area contributed by atoms with E-state index in [-0.39, 0.29) is 25.3 Å². The third kappa shape index (κ3) is 3.51. The standard InChI is InChI=1S/C12H18N5O7P/c13-10-9-11(15-5-14-10)17(6-16-9)12(1-2-18)3-7(19)8(24-12)4-23-25(20,21)22/h5-8,18-19H,1-4H2,(H2,13,14,15)(H2,20,21,22)/t7-,8+,12+/m0/s1. The Morgan fingerprint density at radius 1 is 1.44 bits per heavy atom. The summed E-state index contributed by atoms with van der Waals surface area (Å²) in [5.41, 5.74) is 5.24. The molecule has 0 saturated carbocycles. The number of nitrogens with zero attached hydrogens (tertiary/aromatic N) is 4. The first-order valence-corrected chi connectivity index (χ1v) is 8.89. The smallest absolute Gasteiger partial charge is 0.396 e. The van der Waals surface area contributed by atoms with Crippen LogP contribution in [0.4, 0.5) is 5.82 Å². The number of aromatic nitrogens is 4. The van der Waals surface area contributed by atoms with Gasteiger partial charge in [0.25, 0.3) is 0 Å². The topological polar surface area (TPSA) is 186 Å². The minimum atomic E-state index is -4.70. The Labute approximate surface area is 141 Å². The van der Waals surface area contributed by atoms with Crippen molar-refractivity contribution in [2.24, 2.45) is 0 Å². The van der Waals surface area contributed by atoms with Crippen molar-refractivity contribution in [1.82, 2.24) is 19.5 Å². The van der Waals surface area contributed by atoms with Gasteiger partial charge in [-0.3, -0.25) is 9.09 Å². The number of phosphoric ester groups is 1. The second-order valence-corrected chi connectivity index (χ2v) is 6.92. The molecular formula is C12H18N5O7P. The number of aliphatic hydroxyl groups is 2. The van der Waals surface area contributed by atoms with Crippen LogP contribution in [0.2, 0.25) is 0 Å². The van der Waals surface area contributed by atoms with Gasteiger partial charge in [0.15, 0.2) is 17.2 Å². The highest BCUT2D eigenvalue weighted by Crippen LogP contribution is 2.42. The van der Waals surface area contributed by atoms with E-state index < -0.39 is 32.4 Å². The second kappa shape index (κ2) is 6.57. The van der Waals surface area contributed by atoms with Gasteiger partial charge in [-0.1, -0.05) is 0 Å². The van der Waals surface area contributed by atoms with Gasteiger partial charge in [-0.2, -0.15) is 0 Å². The van der Waals surface area contributed by atoms with Crippen molar-refractivity contribution in [2.45, 2.75) is 30.8 Å². The Bertz CT molecular complexity index is 810. The van der Waals surface area contributed by atoms with Crippen LogP contribution in [-0.4, -0.2) is 64.9 Å². The zero-order valence-corrected chi connectivity index (χ0v) is 13.9. The van der Waals surface area contributed by atoms with E-state index in [0.29, 0.717) is 11.2 Å². The molecule has 0 aromatic carbocycles. The molecule has 3 atom stereocenters. The van der Waals surface area contributed by atoms with Crippen molar-refractivity contribution in [3.8, 4) is 0 Å². The van der Waals surface area contributed by atoms with Crippen LogP contribution in [-0.2, 0) is 19.6 Å². The van der Waals surface area contributed by atoms with E-state index in [2.05, 4.69) is 19.5 Å². The summed E-state index contributed by atoms with van der Waals surface area (Å²) in [5, 5.41) is 19.7. The molecule has 13 heteroatoms. The Morgan fingerprint density at radius 2 is 2.20 bits per heavy atom. The highest BCUT2D eigenvalue weighted by molar-refractivity contribution is 7.46. The average molecular weight is 375 g/mol. The number of fused-ring (bicyclic) bond motifs is 1. The molecule has 12 nitrogen and oxygen atoms in total. The molecule has 3 rings (SSSR count). The van der Waals surface area contributed by atoms with E-state index in [9.17, 15) is 14.8 Å². The highest BCUT2D eigenvalue weighted by atomic mass is 31.2. The maximum Gasteiger partial charge on any atom is 0.469 e. The van der Waals surface area contributed by atoms with E-state index in [0.717, 1.165) is 0 Å². The maximum atomic E-state index is 10.9. The largest absolute Gasteiger partial charge is 0.469 e. The highest BCUT2D eigenvalue weighted by Gasteiger charge is 2.48. The fourth-order valence-corrected chi connectivity index (χ4v) is 3.29. The Balaban J connectivity index is 1.94. The van der Waals surface area contributed by atoms with Gasteiger partial charge in [0.2, 0.25) is 0 Å². The fraction of sp³-hybridized carbons (Fsp3) is 0.583. The van der Waals surface area contributed by atoms with Gasteiger partial charge in [-0.25, -0.2) is 19.5 Å². The SMILES string of the molecule is Nc1ncnc2c1ncn2[C@@]1(CCO)C[C@H](O)[C@@H](COP(=O)(O)O)O1. The van der Waals surface area contributed by atoms with Crippen LogP contribution in [0.1, 0.15) is 12.8 Å². The first-order chi connectivity index (χ1) is 11.8. The molecule has 0 spiro atoms. The zero-order valence-electron chi connectivity index (χ0n) is 13.0. The number of nitrogen functional groups attached to an aromatic ring is 1. The van der Waals surface area contributed by atoms with Crippen molar-refractivity contribution in [1.29, 1.82) is 0 Å². The van der Waals surface area contributed by atoms with Crippen LogP contribution in [0, 0.1) is 0 Å². The van der Waals surface area contributed by atoms with Crippen LogP contribution >= 0.6 is 7.82 Å². The quantitative estimate of drug-likeness (QED) is 0.378. The summed E-state index contributed by atoms with van der Waals surface area (Å²) >= 11 is 0. The van der Waals surface area contributed by atoms with Crippen molar-refractivity contribution >= 4 is 24.8 Å². The molecule has 2 aromatic rings. The van der Waals surface area contributed by atoms with Gasteiger partial charge in [-0.05, 0) is 0 Å². The zero-order chi connectivity index (χ0) is 18.2. The minimum Gasteiger partial charge on any atom is -0.396 e. The van der Waals surface area contributed by atoms with Crippen LogP contribution < -0.4 is 5.73 Å². The number of ether oxygens (including phenoxy) is 1. The van der Waals surface area contributed by atoms with Crippen molar-refractivity contribution in [2.75, 3.05) is 18.9 Å². The van der Waals surface area contributed by atoms with E-state index in [1.54, 1.807) is 0 Å². The molecule has 6 N–H and O–H groups in total. The molecule has 1 fully saturated rings. The molecule has 138 valence electrons. The molecule has 3 heterocycles. The molecule has 2 aromatic heterocycles. The number of phosphoric acid groups is 1. The van der Waals surface area contributed by atoms with Crippen LogP contribution in [0.5, 0.6) is 0 Å². The van der Waals surface area contributed by atoms with Crippen molar-refractivity contribution in [3.05, 3.63) is 12.7 Å². The lowest BCUT2D eigenvalue weighted by Crippen LogP contribution is -2.35. The minimum absolute atomic E-state index is 0.0398. The molecule has 0 bridgehead atoms. The predicted octanol–water partition coefficient (Wildman–Crippen LogP) is -1.30. The molecule has 0 aliphatic carbocycles. The lowest BCUT2D eigenvalue weighted by Gasteiger charge is -2.30. The van der Waals surface area contributed by atoms with Gasteiger partial charge < -0.3 is 30.5 Å². The van der Waals surface area contributed by atoms with E-state index in [1.807, 2.05) is 0 Å². The molecule has 0 amide bonds. The fourth-order valence-electron chi connectivity index (χ4n) is 2.94. The summed E-state index contributed by atoms with van der Waals surface area (Å²) in [5.74, 6) is 0.169. The van der Waals surface area contributed by atoms with Gasteiger partial charge >= 0.3 is 7.82 Å². The average Bonchev–Trinajstić information content (AvgIpc) is 3.08. The summed E-state index contributed by atoms with van der Waals surface area (Å²) in [7, 11) is -4.70. The maximum absolute atomic E-state index is 10.9. The van der Waals surface area contributed by atoms with Crippen molar-refractivity contribution < 1.29 is 33.8 Å². The van der Waals surface area contributed by atoms with E-state index in [1.165, 1.54) is 17.2 Å². The predicted molar refractivity (Wildman–Crippen MR) is 82.9 cm³/mol. The first-order valence-electron chi connectivity index (χ1n) is 7.36. The number of aliphatic hydroxyl groups excluding tert-OH is 2. The Kier molecular flexibility index (Phi) is 4.77. The normalized spacial score (nSPS) is 27.2. The van der Waals surface area contributed by atoms with Gasteiger partial charge in [0, 0.05) is 19.4 Å². The molecule has 25 heavy (non-hydrogen) atoms. The number of nitrogens with two attached hydrogens (primary N) is 1. The lowest BCUT2D eigenvalue weighted by molar-refractivity contribution is -0.123. The summed E-state index contributed by atoms with van der Waals surface area (Å²) in [6.07, 6.45) is 0.710. The Hall–Kier alpha value is -1.66. The molecule has 1 saturated heterocycles. The van der Waals surface area contributed by atoms with E-state index >= 15 is 0 Å². The van der Waals surface area contributed by atoms with E-state index in [4.69, 9.17) is 20.3 Å². The summed E-state index contributed by atoms with van der Waals surface area (Å²) < 4.78 is 22.7. The number of anilines is 1. The first kappa shape index (κ1) is 18.1. The summed E-state index contributed by atoms with van der Waals surface area (Å²) in [4.78, 5) is 29.7. The lowest BCUT2D eigenvalue weighted by atomic mass is 10.0. The summed E-state index contributed by atoms with van der Waals surface area (Å²) in [6, 6.07) is 0. The van der Waals surface area contributed by atoms with Crippen LogP contribution in [0.3, 0.4) is 0 Å². The van der Waals surface area contributed by atoms with Gasteiger partial charge in [0.05, 0.1) is 19.0 Å². The molecule has 0 unspecified atom stereocenters. The third-order valence-corrected chi connectivity index (χ3v) is 4.52. The Morgan fingerprint density at radius 3 is 2.88 bits per heavy atom. The van der Waals surface area contributed by atoms with Crippen molar-refractivity contribution in [3.63, 3.8) is 0 Å². The van der Waals surface area contributed by atoms with Gasteiger partial charge in [-0.15, -0.1) is 0 Å². The molecule has 1 aliphatic rings. The number of hydrogen-bond acceptors (Lipinski definition) is 9. The van der Waals surface area contributed by atoms with Gasteiger partial charge in [0.1, 0.15) is 17.9 Å². The number of hydrogen-bond donors (Lipinski definition) is 5. The molecule has 1 aliphatic heterocycles. The monoisotopic (exact) mass is 375 g/mol. The van der Waals surface area contributed by atoms with Crippen LogP contribution in [0.25, 0.3) is 11.2 Å². The molecular weight excluding hydrogens is 357 g/mol.